The fraction of sp³-hybridized carbons (Fsp3) is 0.412. The highest BCUT2D eigenvalue weighted by Crippen LogP contribution is 2.23. The number of anilines is 3. The zero-order valence-corrected chi connectivity index (χ0v) is 14.7. The molecule has 1 fully saturated rings. The van der Waals surface area contributed by atoms with E-state index in [1.807, 2.05) is 14.1 Å². The molecule has 2 aromatic heterocycles. The molecule has 2 heterocycles. The molecule has 4 N–H and O–H groups in total. The van der Waals surface area contributed by atoms with Gasteiger partial charge in [-0.3, -0.25) is 4.79 Å². The lowest BCUT2D eigenvalue weighted by Crippen LogP contribution is -2.24. The van der Waals surface area contributed by atoms with Crippen LogP contribution in [0.2, 0.25) is 0 Å². The second kappa shape index (κ2) is 7.61. The molecule has 1 aliphatic rings. The van der Waals surface area contributed by atoms with Crippen LogP contribution in [0, 0.1) is 5.95 Å². The summed E-state index contributed by atoms with van der Waals surface area (Å²) in [4.78, 5) is 18.2. The molecule has 138 valence electrons. The highest BCUT2D eigenvalue weighted by molar-refractivity contribution is 6.07. The van der Waals surface area contributed by atoms with Gasteiger partial charge < -0.3 is 21.3 Å². The van der Waals surface area contributed by atoms with E-state index in [-0.39, 0.29) is 23.5 Å². The Morgan fingerprint density at radius 1 is 1.23 bits per heavy atom. The van der Waals surface area contributed by atoms with Crippen LogP contribution in [-0.2, 0) is 0 Å². The maximum Gasteiger partial charge on any atom is 0.260 e. The summed E-state index contributed by atoms with van der Waals surface area (Å²) < 4.78 is 13.6. The molecule has 3 rings (SSSR count). The maximum atomic E-state index is 13.6. The van der Waals surface area contributed by atoms with Crippen molar-refractivity contribution in [2.24, 2.45) is 5.73 Å². The average Bonchev–Trinajstić information content (AvgIpc) is 3.00. The minimum Gasteiger partial charge on any atom is -0.367 e. The minimum absolute atomic E-state index is 0.0741. The van der Waals surface area contributed by atoms with E-state index in [1.54, 1.807) is 17.0 Å². The van der Waals surface area contributed by atoms with Gasteiger partial charge in [0.2, 0.25) is 5.95 Å². The van der Waals surface area contributed by atoms with Crippen LogP contribution in [0.25, 0.3) is 0 Å². The summed E-state index contributed by atoms with van der Waals surface area (Å²) >= 11 is 0. The highest BCUT2D eigenvalue weighted by atomic mass is 19.1. The van der Waals surface area contributed by atoms with Crippen molar-refractivity contribution >= 4 is 23.4 Å². The number of carbonyl (C=O) groups is 1. The van der Waals surface area contributed by atoms with E-state index in [0.29, 0.717) is 11.6 Å². The summed E-state index contributed by atoms with van der Waals surface area (Å²) in [5.41, 5.74) is 6.15. The van der Waals surface area contributed by atoms with Gasteiger partial charge in [0.1, 0.15) is 5.82 Å². The van der Waals surface area contributed by atoms with Crippen LogP contribution in [-0.4, -0.2) is 47.3 Å². The molecule has 26 heavy (non-hydrogen) atoms. The third-order valence-electron chi connectivity index (χ3n) is 4.27. The van der Waals surface area contributed by atoms with Crippen LogP contribution in [0.4, 0.5) is 21.8 Å². The maximum absolute atomic E-state index is 13.6. The standard InChI is InChI=1S/C17H22FN7O/c1-25(2)15-8-7-14(23-24-15)22-17(26)12-5-6-13(18)21-16(12)20-11-4-3-10(19)9-11/h5-8,10-11H,3-4,9,19H2,1-2H3,(H,20,21)(H,22,23,26). The van der Waals surface area contributed by atoms with E-state index in [0.717, 1.165) is 25.3 Å². The third kappa shape index (κ3) is 4.23. The number of amides is 1. The Morgan fingerprint density at radius 3 is 2.65 bits per heavy atom. The van der Waals surface area contributed by atoms with E-state index in [4.69, 9.17) is 5.73 Å². The van der Waals surface area contributed by atoms with Gasteiger partial charge in [-0.2, -0.15) is 4.39 Å². The number of pyridine rings is 1. The zero-order valence-electron chi connectivity index (χ0n) is 14.7. The number of nitrogens with zero attached hydrogens (tertiary/aromatic N) is 4. The van der Waals surface area contributed by atoms with Crippen molar-refractivity contribution in [2.75, 3.05) is 29.6 Å². The summed E-state index contributed by atoms with van der Waals surface area (Å²) in [6.45, 7) is 0. The Hall–Kier alpha value is -2.81. The summed E-state index contributed by atoms with van der Waals surface area (Å²) in [5.74, 6) is 0.0975. The quantitative estimate of drug-likeness (QED) is 0.696. The molecule has 0 bridgehead atoms. The lowest BCUT2D eigenvalue weighted by molar-refractivity contribution is 0.102. The third-order valence-corrected chi connectivity index (χ3v) is 4.27. The first-order valence-electron chi connectivity index (χ1n) is 8.43. The van der Waals surface area contributed by atoms with Crippen LogP contribution < -0.4 is 21.3 Å². The number of nitrogens with one attached hydrogen (secondary N) is 2. The molecule has 1 saturated carbocycles. The molecule has 0 aromatic carbocycles. The van der Waals surface area contributed by atoms with Gasteiger partial charge in [-0.25, -0.2) is 4.98 Å². The van der Waals surface area contributed by atoms with E-state index in [2.05, 4.69) is 25.8 Å². The molecule has 0 saturated heterocycles. The van der Waals surface area contributed by atoms with Gasteiger partial charge in [0.15, 0.2) is 11.6 Å². The van der Waals surface area contributed by atoms with Crippen molar-refractivity contribution in [1.82, 2.24) is 15.2 Å². The predicted octanol–water partition coefficient (Wildman–Crippen LogP) is 1.62. The van der Waals surface area contributed by atoms with E-state index in [1.165, 1.54) is 6.07 Å². The van der Waals surface area contributed by atoms with Gasteiger partial charge in [-0.15, -0.1) is 10.2 Å². The lowest BCUT2D eigenvalue weighted by atomic mass is 10.2. The van der Waals surface area contributed by atoms with Gasteiger partial charge in [0.05, 0.1) is 5.56 Å². The molecule has 0 aliphatic heterocycles. The van der Waals surface area contributed by atoms with Crippen LogP contribution in [0.1, 0.15) is 29.6 Å². The first-order chi connectivity index (χ1) is 12.4. The van der Waals surface area contributed by atoms with Crippen molar-refractivity contribution in [3.8, 4) is 0 Å². The molecular formula is C17H22FN7O. The second-order valence-corrected chi connectivity index (χ2v) is 6.57. The van der Waals surface area contributed by atoms with Crippen molar-refractivity contribution < 1.29 is 9.18 Å². The molecule has 9 heteroatoms. The SMILES string of the molecule is CN(C)c1ccc(NC(=O)c2ccc(F)nc2NC2CCC(N)C2)nn1. The van der Waals surface area contributed by atoms with Crippen molar-refractivity contribution in [3.05, 3.63) is 35.8 Å². The number of rotatable bonds is 5. The molecule has 1 amide bonds. The van der Waals surface area contributed by atoms with E-state index in [9.17, 15) is 9.18 Å². The number of nitrogens with two attached hydrogens (primary N) is 1. The Morgan fingerprint density at radius 2 is 2.04 bits per heavy atom. The van der Waals surface area contributed by atoms with Crippen molar-refractivity contribution in [3.63, 3.8) is 0 Å². The Labute approximate surface area is 151 Å². The molecule has 2 aromatic rings. The summed E-state index contributed by atoms with van der Waals surface area (Å²) in [5, 5.41) is 13.8. The monoisotopic (exact) mass is 359 g/mol. The van der Waals surface area contributed by atoms with Gasteiger partial charge in [0, 0.05) is 26.2 Å². The first-order valence-corrected chi connectivity index (χ1v) is 8.43. The van der Waals surface area contributed by atoms with Gasteiger partial charge in [-0.1, -0.05) is 0 Å². The number of carbonyl (C=O) groups excluding carboxylic acids is 1. The van der Waals surface area contributed by atoms with Gasteiger partial charge >= 0.3 is 0 Å². The first kappa shape index (κ1) is 18.0. The van der Waals surface area contributed by atoms with E-state index >= 15 is 0 Å². The lowest BCUT2D eigenvalue weighted by Gasteiger charge is -2.16. The number of hydrogen-bond donors (Lipinski definition) is 3. The van der Waals surface area contributed by atoms with E-state index < -0.39 is 11.9 Å². The molecule has 8 nitrogen and oxygen atoms in total. The molecule has 0 spiro atoms. The number of hydrogen-bond acceptors (Lipinski definition) is 7. The van der Waals surface area contributed by atoms with Crippen LogP contribution in [0.3, 0.4) is 0 Å². The largest absolute Gasteiger partial charge is 0.367 e. The molecule has 2 unspecified atom stereocenters. The Bertz CT molecular complexity index is 781. The fourth-order valence-electron chi connectivity index (χ4n) is 2.88. The zero-order chi connectivity index (χ0) is 18.7. The highest BCUT2D eigenvalue weighted by Gasteiger charge is 2.24. The van der Waals surface area contributed by atoms with Gasteiger partial charge in [0.25, 0.3) is 5.91 Å². The minimum atomic E-state index is -0.651. The van der Waals surface area contributed by atoms with Crippen LogP contribution in [0.15, 0.2) is 24.3 Å². The fourth-order valence-corrected chi connectivity index (χ4v) is 2.88. The molecular weight excluding hydrogens is 337 g/mol. The number of aromatic nitrogens is 3. The molecule has 1 aliphatic carbocycles. The Kier molecular flexibility index (Phi) is 5.27. The van der Waals surface area contributed by atoms with Crippen LogP contribution >= 0.6 is 0 Å². The van der Waals surface area contributed by atoms with Gasteiger partial charge in [-0.05, 0) is 43.5 Å². The number of halogens is 1. The molecule has 0 radical (unpaired) electrons. The Balaban J connectivity index is 1.75. The smallest absolute Gasteiger partial charge is 0.260 e. The summed E-state index contributed by atoms with van der Waals surface area (Å²) in [7, 11) is 3.69. The predicted molar refractivity (Wildman–Crippen MR) is 97.7 cm³/mol. The summed E-state index contributed by atoms with van der Waals surface area (Å²) in [6, 6.07) is 6.14. The molecule has 2 atom stereocenters. The van der Waals surface area contributed by atoms with Crippen molar-refractivity contribution in [1.29, 1.82) is 0 Å². The second-order valence-electron chi connectivity index (χ2n) is 6.57. The van der Waals surface area contributed by atoms with Crippen LogP contribution in [0.5, 0.6) is 0 Å². The van der Waals surface area contributed by atoms with Crippen molar-refractivity contribution in [2.45, 2.75) is 31.3 Å². The summed E-state index contributed by atoms with van der Waals surface area (Å²) in [6.07, 6.45) is 2.51. The normalized spacial score (nSPS) is 19.2. The topological polar surface area (TPSA) is 109 Å². The average molecular weight is 359 g/mol.